The van der Waals surface area contributed by atoms with E-state index in [0.29, 0.717) is 12.1 Å². The molecule has 0 saturated heterocycles. The van der Waals surface area contributed by atoms with Gasteiger partial charge in [-0.25, -0.2) is 4.39 Å². The van der Waals surface area contributed by atoms with Crippen LogP contribution in [0.25, 0.3) is 0 Å². The Morgan fingerprint density at radius 1 is 1.30 bits per heavy atom. The van der Waals surface area contributed by atoms with Crippen molar-refractivity contribution in [2.75, 3.05) is 20.2 Å². The molecule has 0 aliphatic carbocycles. The zero-order valence-electron chi connectivity index (χ0n) is 11.7. The van der Waals surface area contributed by atoms with E-state index in [1.807, 2.05) is 7.05 Å². The Kier molecular flexibility index (Phi) is 6.97. The topological polar surface area (TPSA) is 82.1 Å². The van der Waals surface area contributed by atoms with Crippen LogP contribution in [0.3, 0.4) is 0 Å². The van der Waals surface area contributed by atoms with Crippen LogP contribution in [0.2, 0.25) is 0 Å². The molecular weight excluding hydrogens is 261 g/mol. The van der Waals surface area contributed by atoms with E-state index in [4.69, 9.17) is 16.0 Å². The molecule has 1 rings (SSSR count). The van der Waals surface area contributed by atoms with Crippen LogP contribution in [0.1, 0.15) is 30.4 Å². The summed E-state index contributed by atoms with van der Waals surface area (Å²) in [5.74, 6) is -0.505. The number of aliphatic hydroxyl groups excluding tert-OH is 1. The van der Waals surface area contributed by atoms with Crippen molar-refractivity contribution in [3.8, 4) is 0 Å². The Morgan fingerprint density at radius 3 is 2.70 bits per heavy atom. The highest BCUT2D eigenvalue weighted by Gasteiger charge is 2.07. The molecule has 5 nitrogen and oxygen atoms in total. The van der Waals surface area contributed by atoms with Gasteiger partial charge in [-0.3, -0.25) is 0 Å². The lowest BCUT2D eigenvalue weighted by atomic mass is 10.1. The lowest BCUT2D eigenvalue weighted by Crippen LogP contribution is -2.20. The predicted octanol–water partition coefficient (Wildman–Crippen LogP) is 1.51. The summed E-state index contributed by atoms with van der Waals surface area (Å²) < 4.78 is 13.5. The molecule has 1 aromatic rings. The minimum Gasteiger partial charge on any atom is -0.409 e. The van der Waals surface area contributed by atoms with Gasteiger partial charge < -0.3 is 20.9 Å². The van der Waals surface area contributed by atoms with E-state index in [2.05, 4.69) is 10.1 Å². The fourth-order valence-corrected chi connectivity index (χ4v) is 2.01. The van der Waals surface area contributed by atoms with Crippen LogP contribution in [-0.4, -0.2) is 41.2 Å². The molecule has 6 heteroatoms. The van der Waals surface area contributed by atoms with E-state index in [1.165, 1.54) is 12.1 Å². The molecule has 0 amide bonds. The first kappa shape index (κ1) is 16.4. The molecule has 0 atom stereocenters. The minimum absolute atomic E-state index is 0.101. The number of amidine groups is 1. The third kappa shape index (κ3) is 5.54. The van der Waals surface area contributed by atoms with Gasteiger partial charge in [0.05, 0.1) is 0 Å². The average molecular weight is 283 g/mol. The van der Waals surface area contributed by atoms with Crippen molar-refractivity contribution in [3.63, 3.8) is 0 Å². The molecule has 0 heterocycles. The molecule has 112 valence electrons. The first-order valence-electron chi connectivity index (χ1n) is 6.63. The largest absolute Gasteiger partial charge is 0.409 e. The Morgan fingerprint density at radius 2 is 2.05 bits per heavy atom. The smallest absolute Gasteiger partial charge is 0.170 e. The Balaban J connectivity index is 2.60. The molecule has 0 aliphatic rings. The molecule has 0 radical (unpaired) electrons. The van der Waals surface area contributed by atoms with Gasteiger partial charge in [-0.15, -0.1) is 0 Å². The van der Waals surface area contributed by atoms with E-state index in [9.17, 15) is 4.39 Å². The lowest BCUT2D eigenvalue weighted by molar-refractivity contribution is 0.271. The van der Waals surface area contributed by atoms with Crippen molar-refractivity contribution in [1.82, 2.24) is 4.90 Å². The summed E-state index contributed by atoms with van der Waals surface area (Å²) in [7, 11) is 1.95. The highest BCUT2D eigenvalue weighted by molar-refractivity contribution is 5.97. The van der Waals surface area contributed by atoms with Gasteiger partial charge in [-0.1, -0.05) is 5.16 Å². The number of hydrogen-bond acceptors (Lipinski definition) is 4. The van der Waals surface area contributed by atoms with Crippen LogP contribution < -0.4 is 5.73 Å². The normalized spacial score (nSPS) is 12.1. The number of halogens is 1. The summed E-state index contributed by atoms with van der Waals surface area (Å²) in [5, 5.41) is 20.2. The highest BCUT2D eigenvalue weighted by Crippen LogP contribution is 2.12. The first-order valence-corrected chi connectivity index (χ1v) is 6.63. The summed E-state index contributed by atoms with van der Waals surface area (Å²) in [6.07, 6.45) is 2.76. The number of hydrogen-bond donors (Lipinski definition) is 3. The van der Waals surface area contributed by atoms with Crippen molar-refractivity contribution in [1.29, 1.82) is 0 Å². The average Bonchev–Trinajstić information content (AvgIpc) is 2.42. The number of benzene rings is 1. The van der Waals surface area contributed by atoms with Crippen LogP contribution >= 0.6 is 0 Å². The van der Waals surface area contributed by atoms with Gasteiger partial charge in [0.2, 0.25) is 0 Å². The molecule has 0 unspecified atom stereocenters. The second kappa shape index (κ2) is 8.50. The van der Waals surface area contributed by atoms with Crippen molar-refractivity contribution in [2.24, 2.45) is 10.9 Å². The molecule has 0 fully saturated rings. The van der Waals surface area contributed by atoms with Crippen LogP contribution in [-0.2, 0) is 6.54 Å². The zero-order chi connectivity index (χ0) is 15.0. The van der Waals surface area contributed by atoms with Gasteiger partial charge in [-0.2, -0.15) is 0 Å². The summed E-state index contributed by atoms with van der Waals surface area (Å²) in [6.45, 7) is 1.68. The minimum atomic E-state index is -0.405. The van der Waals surface area contributed by atoms with Gasteiger partial charge in [0.15, 0.2) is 5.84 Å². The maximum absolute atomic E-state index is 13.5. The van der Waals surface area contributed by atoms with Crippen LogP contribution in [0.5, 0.6) is 0 Å². The second-order valence-electron chi connectivity index (χ2n) is 4.86. The molecule has 0 aliphatic heterocycles. The summed E-state index contributed by atoms with van der Waals surface area (Å²) in [6, 6.07) is 4.39. The van der Waals surface area contributed by atoms with Gasteiger partial charge in [0, 0.05) is 18.7 Å². The molecule has 4 N–H and O–H groups in total. The van der Waals surface area contributed by atoms with E-state index >= 15 is 0 Å². The van der Waals surface area contributed by atoms with Crippen molar-refractivity contribution in [2.45, 2.75) is 25.8 Å². The number of rotatable bonds is 8. The number of nitrogens with zero attached hydrogens (tertiary/aromatic N) is 2. The van der Waals surface area contributed by atoms with Crippen LogP contribution in [0, 0.1) is 5.82 Å². The highest BCUT2D eigenvalue weighted by atomic mass is 19.1. The molecule has 0 spiro atoms. The van der Waals surface area contributed by atoms with Crippen LogP contribution in [0.4, 0.5) is 4.39 Å². The number of unbranched alkanes of at least 4 members (excludes halogenated alkanes) is 2. The number of oxime groups is 1. The standard InChI is InChI=1S/C14H22FN3O2/c1-18(5-3-2-4-6-19)10-11-7-12(14(16)17-20)9-13(15)8-11/h7-9,19-20H,2-6,10H2,1H3,(H2,16,17). The predicted molar refractivity (Wildman–Crippen MR) is 76.2 cm³/mol. The van der Waals surface area contributed by atoms with Gasteiger partial charge in [0.1, 0.15) is 5.82 Å². The molecule has 0 saturated carbocycles. The van der Waals surface area contributed by atoms with Crippen LogP contribution in [0.15, 0.2) is 23.4 Å². The van der Waals surface area contributed by atoms with E-state index in [1.54, 1.807) is 6.07 Å². The van der Waals surface area contributed by atoms with E-state index < -0.39 is 5.82 Å². The molecule has 0 bridgehead atoms. The SMILES string of the molecule is CN(CCCCCO)Cc1cc(F)cc(/C(N)=N/O)c1. The monoisotopic (exact) mass is 283 g/mol. The van der Waals surface area contributed by atoms with Crippen molar-refractivity contribution >= 4 is 5.84 Å². The Bertz CT molecular complexity index is 452. The first-order chi connectivity index (χ1) is 9.56. The Labute approximate surface area is 118 Å². The molecule has 20 heavy (non-hydrogen) atoms. The van der Waals surface area contributed by atoms with Crippen molar-refractivity contribution in [3.05, 3.63) is 35.1 Å². The van der Waals surface area contributed by atoms with Gasteiger partial charge >= 0.3 is 0 Å². The third-order valence-electron chi connectivity index (χ3n) is 3.01. The lowest BCUT2D eigenvalue weighted by Gasteiger charge is -2.17. The van der Waals surface area contributed by atoms with Gasteiger partial charge in [-0.05, 0) is 56.6 Å². The number of nitrogens with two attached hydrogens (primary N) is 1. The van der Waals surface area contributed by atoms with E-state index in [-0.39, 0.29) is 12.4 Å². The van der Waals surface area contributed by atoms with E-state index in [0.717, 1.165) is 31.4 Å². The third-order valence-corrected chi connectivity index (χ3v) is 3.01. The fourth-order valence-electron chi connectivity index (χ4n) is 2.01. The fraction of sp³-hybridized carbons (Fsp3) is 0.500. The molecule has 0 aromatic heterocycles. The maximum Gasteiger partial charge on any atom is 0.170 e. The van der Waals surface area contributed by atoms with Gasteiger partial charge in [0.25, 0.3) is 0 Å². The quantitative estimate of drug-likeness (QED) is 0.222. The summed E-state index contributed by atoms with van der Waals surface area (Å²) in [4.78, 5) is 2.07. The number of aliphatic hydroxyl groups is 1. The summed E-state index contributed by atoms with van der Waals surface area (Å²) in [5.41, 5.74) is 6.62. The zero-order valence-corrected chi connectivity index (χ0v) is 11.7. The Hall–Kier alpha value is -1.66. The maximum atomic E-state index is 13.5. The van der Waals surface area contributed by atoms with Crippen molar-refractivity contribution < 1.29 is 14.7 Å². The molecule has 1 aromatic carbocycles. The molecular formula is C14H22FN3O2. The summed E-state index contributed by atoms with van der Waals surface area (Å²) >= 11 is 0. The second-order valence-corrected chi connectivity index (χ2v) is 4.86.